The number of carbonyl (C=O) groups is 1. The number of hydrogen-bond acceptors (Lipinski definition) is 7. The van der Waals surface area contributed by atoms with Crippen LogP contribution in [0.1, 0.15) is 44.6 Å². The van der Waals surface area contributed by atoms with Crippen LogP contribution in [0.5, 0.6) is 0 Å². The molecule has 1 saturated heterocycles. The van der Waals surface area contributed by atoms with Crippen LogP contribution in [0, 0.1) is 23.0 Å². The van der Waals surface area contributed by atoms with Gasteiger partial charge in [0, 0.05) is 23.4 Å². The van der Waals surface area contributed by atoms with Gasteiger partial charge in [0.2, 0.25) is 17.8 Å². The number of aromatic nitrogens is 4. The maximum atomic E-state index is 14.6. The highest BCUT2D eigenvalue weighted by Crippen LogP contribution is 2.47. The number of amides is 1. The average Bonchev–Trinajstić information content (AvgIpc) is 3.17. The van der Waals surface area contributed by atoms with E-state index in [1.807, 2.05) is 4.57 Å². The third-order valence-corrected chi connectivity index (χ3v) is 7.98. The molecular weight excluding hydrogens is 492 g/mol. The normalized spacial score (nSPS) is 23.3. The smallest absolute Gasteiger partial charge is 0.224 e. The SMILES string of the molecule is NC(=O)[C@H]1CC[C@H](n2c(Nc3ccc(Cl)c(F)c3F)nc3cnc(NC4CC5(COC5)C4)nc32)CC1. The minimum atomic E-state index is -1.13. The molecule has 1 spiro atoms. The van der Waals surface area contributed by atoms with E-state index in [-0.39, 0.29) is 34.6 Å². The molecule has 9 nitrogen and oxygen atoms in total. The van der Waals surface area contributed by atoms with Crippen LogP contribution in [0.15, 0.2) is 18.3 Å². The molecule has 4 N–H and O–H groups in total. The molecule has 36 heavy (non-hydrogen) atoms. The lowest BCUT2D eigenvalue weighted by molar-refractivity contribution is -0.160. The fourth-order valence-corrected chi connectivity index (χ4v) is 5.80. The van der Waals surface area contributed by atoms with Crippen LogP contribution >= 0.6 is 11.6 Å². The number of nitrogens with one attached hydrogen (secondary N) is 2. The zero-order chi connectivity index (χ0) is 25.0. The fraction of sp³-hybridized carbons (Fsp3) is 0.500. The Morgan fingerprint density at radius 2 is 1.89 bits per heavy atom. The van der Waals surface area contributed by atoms with Gasteiger partial charge in [-0.1, -0.05) is 11.6 Å². The Morgan fingerprint density at radius 1 is 1.14 bits per heavy atom. The molecule has 190 valence electrons. The summed E-state index contributed by atoms with van der Waals surface area (Å²) in [5.41, 5.74) is 6.83. The predicted octanol–water partition coefficient (Wildman–Crippen LogP) is 4.31. The largest absolute Gasteiger partial charge is 0.380 e. The molecule has 12 heteroatoms. The highest BCUT2D eigenvalue weighted by atomic mass is 35.5. The van der Waals surface area contributed by atoms with Gasteiger partial charge in [0.25, 0.3) is 0 Å². The summed E-state index contributed by atoms with van der Waals surface area (Å²) in [6.45, 7) is 1.62. The van der Waals surface area contributed by atoms with Crippen molar-refractivity contribution in [3.8, 4) is 0 Å². The van der Waals surface area contributed by atoms with Crippen molar-refractivity contribution in [3.05, 3.63) is 35.0 Å². The molecular formula is C24H26ClF2N7O2. The molecule has 0 atom stereocenters. The molecule has 3 fully saturated rings. The van der Waals surface area contributed by atoms with E-state index in [1.165, 1.54) is 12.1 Å². The number of carbonyl (C=O) groups excluding carboxylic acids is 1. The lowest BCUT2D eigenvalue weighted by atomic mass is 9.64. The molecule has 0 radical (unpaired) electrons. The monoisotopic (exact) mass is 517 g/mol. The van der Waals surface area contributed by atoms with Crippen molar-refractivity contribution in [3.63, 3.8) is 0 Å². The van der Waals surface area contributed by atoms with Gasteiger partial charge in [-0.3, -0.25) is 9.36 Å². The molecule has 0 unspecified atom stereocenters. The van der Waals surface area contributed by atoms with Crippen LogP contribution in [0.25, 0.3) is 11.2 Å². The molecule has 2 aromatic heterocycles. The molecule has 1 amide bonds. The van der Waals surface area contributed by atoms with Crippen molar-refractivity contribution in [2.45, 2.75) is 50.6 Å². The number of halogens is 3. The third kappa shape index (κ3) is 4.03. The third-order valence-electron chi connectivity index (χ3n) is 7.69. The number of nitrogens with two attached hydrogens (primary N) is 1. The van der Waals surface area contributed by atoms with E-state index in [0.717, 1.165) is 26.1 Å². The Balaban J connectivity index is 1.33. The summed E-state index contributed by atoms with van der Waals surface area (Å²) in [6.07, 6.45) is 6.25. The lowest BCUT2D eigenvalue weighted by Crippen LogP contribution is -2.56. The van der Waals surface area contributed by atoms with Gasteiger partial charge in [-0.05, 0) is 50.7 Å². The standard InChI is InChI=1S/C24H26ClF2N7O2/c25-15-5-6-16(19(27)18(15)26)31-23-32-17-9-29-22(30-13-7-24(8-13)10-36-11-24)33-21(17)34(23)14-3-1-12(2-4-14)20(28)35/h5-6,9,12-14H,1-4,7-8,10-11H2,(H2,28,35)(H,31,32)(H,29,30,33)/t12-,14-. The number of benzene rings is 1. The van der Waals surface area contributed by atoms with E-state index in [1.54, 1.807) is 6.20 Å². The number of fused-ring (bicyclic) bond motifs is 1. The molecule has 3 aromatic rings. The van der Waals surface area contributed by atoms with E-state index >= 15 is 0 Å². The van der Waals surface area contributed by atoms with E-state index in [2.05, 4.69) is 20.6 Å². The summed E-state index contributed by atoms with van der Waals surface area (Å²) >= 11 is 5.72. The quantitative estimate of drug-likeness (QED) is 0.417. The van der Waals surface area contributed by atoms with Gasteiger partial charge in [-0.25, -0.2) is 18.7 Å². The summed E-state index contributed by atoms with van der Waals surface area (Å²) in [4.78, 5) is 25.5. The summed E-state index contributed by atoms with van der Waals surface area (Å²) in [7, 11) is 0. The van der Waals surface area contributed by atoms with Gasteiger partial charge in [0.15, 0.2) is 17.3 Å². The van der Waals surface area contributed by atoms with Crippen molar-refractivity contribution in [2.24, 2.45) is 17.1 Å². The Hall–Kier alpha value is -3.05. The van der Waals surface area contributed by atoms with Crippen LogP contribution in [0.3, 0.4) is 0 Å². The van der Waals surface area contributed by atoms with Gasteiger partial charge in [0.05, 0.1) is 30.1 Å². The molecule has 3 aliphatic rings. The number of ether oxygens (including phenoxy) is 1. The second-order valence-electron chi connectivity index (χ2n) is 10.2. The van der Waals surface area contributed by atoms with E-state index in [4.69, 9.17) is 27.1 Å². The summed E-state index contributed by atoms with van der Waals surface area (Å²) < 4.78 is 36.0. The fourth-order valence-electron chi connectivity index (χ4n) is 5.65. The maximum Gasteiger partial charge on any atom is 0.224 e. The van der Waals surface area contributed by atoms with Gasteiger partial charge in [-0.15, -0.1) is 0 Å². The summed E-state index contributed by atoms with van der Waals surface area (Å²) in [5.74, 6) is -1.90. The molecule has 0 bridgehead atoms. The first-order chi connectivity index (χ1) is 17.3. The minimum absolute atomic E-state index is 0.0600. The lowest BCUT2D eigenvalue weighted by Gasteiger charge is -2.53. The van der Waals surface area contributed by atoms with Crippen LogP contribution in [-0.4, -0.2) is 44.7 Å². The van der Waals surface area contributed by atoms with E-state index in [0.29, 0.717) is 54.2 Å². The Labute approximate surface area is 210 Å². The molecule has 1 aliphatic heterocycles. The van der Waals surface area contributed by atoms with Crippen molar-refractivity contribution in [1.82, 2.24) is 19.5 Å². The van der Waals surface area contributed by atoms with Crippen molar-refractivity contribution >= 4 is 46.3 Å². The minimum Gasteiger partial charge on any atom is -0.380 e. The number of primary amides is 1. The van der Waals surface area contributed by atoms with Crippen LogP contribution < -0.4 is 16.4 Å². The number of rotatable bonds is 6. The zero-order valence-corrected chi connectivity index (χ0v) is 20.2. The number of nitrogens with zero attached hydrogens (tertiary/aromatic N) is 4. The molecule has 2 aliphatic carbocycles. The first-order valence-electron chi connectivity index (χ1n) is 12.1. The zero-order valence-electron chi connectivity index (χ0n) is 19.4. The second kappa shape index (κ2) is 8.81. The van der Waals surface area contributed by atoms with Crippen molar-refractivity contribution in [2.75, 3.05) is 23.8 Å². The van der Waals surface area contributed by atoms with E-state index < -0.39 is 11.6 Å². The van der Waals surface area contributed by atoms with Gasteiger partial charge in [0.1, 0.15) is 5.52 Å². The number of anilines is 3. The highest BCUT2D eigenvalue weighted by Gasteiger charge is 2.50. The molecule has 6 rings (SSSR count). The van der Waals surface area contributed by atoms with Gasteiger partial charge in [-0.2, -0.15) is 4.98 Å². The van der Waals surface area contributed by atoms with E-state index in [9.17, 15) is 13.6 Å². The van der Waals surface area contributed by atoms with Crippen LogP contribution in [0.4, 0.5) is 26.4 Å². The van der Waals surface area contributed by atoms with Gasteiger partial charge < -0.3 is 21.1 Å². The predicted molar refractivity (Wildman–Crippen MR) is 130 cm³/mol. The number of imidazole rings is 1. The summed E-state index contributed by atoms with van der Waals surface area (Å²) in [6, 6.07) is 2.87. The Kier molecular flexibility index (Phi) is 5.71. The van der Waals surface area contributed by atoms with Crippen molar-refractivity contribution in [1.29, 1.82) is 0 Å². The first-order valence-corrected chi connectivity index (χ1v) is 12.5. The first kappa shape index (κ1) is 23.4. The topological polar surface area (TPSA) is 120 Å². The molecule has 2 saturated carbocycles. The van der Waals surface area contributed by atoms with Crippen molar-refractivity contribution < 1.29 is 18.3 Å². The number of hydrogen-bond donors (Lipinski definition) is 3. The maximum absolute atomic E-state index is 14.6. The van der Waals surface area contributed by atoms with Gasteiger partial charge >= 0.3 is 0 Å². The molecule has 1 aromatic carbocycles. The van der Waals surface area contributed by atoms with Crippen LogP contribution in [-0.2, 0) is 9.53 Å². The Morgan fingerprint density at radius 3 is 2.56 bits per heavy atom. The van der Waals surface area contributed by atoms with Crippen LogP contribution in [0.2, 0.25) is 5.02 Å². The Bertz CT molecular complexity index is 1330. The molecule has 3 heterocycles. The second-order valence-corrected chi connectivity index (χ2v) is 10.6. The summed E-state index contributed by atoms with van der Waals surface area (Å²) in [5, 5.41) is 6.02. The average molecular weight is 518 g/mol. The highest BCUT2D eigenvalue weighted by molar-refractivity contribution is 6.30.